The van der Waals surface area contributed by atoms with Crippen LogP contribution in [-0.4, -0.2) is 74.8 Å². The number of fused-ring (bicyclic) bond motifs is 1. The Morgan fingerprint density at radius 3 is 2.62 bits per heavy atom. The lowest BCUT2D eigenvalue weighted by atomic mass is 9.79. The number of likely N-dealkylation sites (tertiary alicyclic amines) is 1. The highest BCUT2D eigenvalue weighted by Crippen LogP contribution is 2.25. The number of hydrogen-bond donors (Lipinski definition) is 3. The van der Waals surface area contributed by atoms with Crippen molar-refractivity contribution in [3.8, 4) is 5.75 Å². The second kappa shape index (κ2) is 9.51. The molecule has 0 spiro atoms. The molecule has 0 saturated carbocycles. The monoisotopic (exact) mass is 467 g/mol. The Balaban J connectivity index is 1.60. The van der Waals surface area contributed by atoms with E-state index in [2.05, 4.69) is 10.3 Å². The summed E-state index contributed by atoms with van der Waals surface area (Å²) in [7, 11) is -0.0569. The molecular weight excluding hydrogens is 437 g/mol. The first-order valence-corrected chi connectivity index (χ1v) is 11.2. The van der Waals surface area contributed by atoms with Crippen molar-refractivity contribution in [3.63, 3.8) is 0 Å². The van der Waals surface area contributed by atoms with Crippen LogP contribution >= 0.6 is 0 Å². The Bertz CT molecular complexity index is 1160. The van der Waals surface area contributed by atoms with Gasteiger partial charge in [-0.3, -0.25) is 0 Å². The lowest BCUT2D eigenvalue weighted by Gasteiger charge is -2.24. The first-order chi connectivity index (χ1) is 16.1. The molecule has 4 rings (SSSR count). The normalized spacial score (nSPS) is 16.1. The number of carbonyl (C=O) groups excluding carboxylic acids is 1. The fraction of sp³-hybridized carbons (Fsp3) is 0.435. The highest BCUT2D eigenvalue weighted by atomic mass is 16.6. The minimum absolute atomic E-state index is 0.0658. The van der Waals surface area contributed by atoms with Crippen molar-refractivity contribution in [2.45, 2.75) is 45.4 Å². The molecule has 1 aromatic carbocycles. The van der Waals surface area contributed by atoms with Crippen molar-refractivity contribution in [2.24, 2.45) is 0 Å². The maximum Gasteiger partial charge on any atom is 0.489 e. The summed E-state index contributed by atoms with van der Waals surface area (Å²) in [5, 5.41) is 28.6. The molecule has 2 aromatic heterocycles. The Morgan fingerprint density at radius 2 is 1.97 bits per heavy atom. The number of methoxy groups -OCH3 is 1. The van der Waals surface area contributed by atoms with Crippen LogP contribution in [0.2, 0.25) is 0 Å². The molecule has 1 atom stereocenters. The summed E-state index contributed by atoms with van der Waals surface area (Å²) >= 11 is 0. The molecule has 3 heterocycles. The number of carbonyl (C=O) groups is 1. The molecule has 1 aliphatic rings. The SMILES string of the molecule is COc1ccc(Cn2nc(NC3CCN(C(=O)OC(C)(C)C)C3)c3c(B(O)O)ccnc32)cc1. The van der Waals surface area contributed by atoms with Gasteiger partial charge in [0.2, 0.25) is 0 Å². The van der Waals surface area contributed by atoms with Crippen LogP contribution in [0.5, 0.6) is 5.75 Å². The third kappa shape index (κ3) is 5.26. The average Bonchev–Trinajstić information content (AvgIpc) is 3.38. The van der Waals surface area contributed by atoms with E-state index in [-0.39, 0.29) is 12.1 Å². The number of amides is 1. The van der Waals surface area contributed by atoms with E-state index in [0.29, 0.717) is 48.4 Å². The van der Waals surface area contributed by atoms with Gasteiger partial charge in [0.1, 0.15) is 11.4 Å². The van der Waals surface area contributed by atoms with Crippen LogP contribution in [0.15, 0.2) is 36.5 Å². The maximum atomic E-state index is 12.4. The Labute approximate surface area is 198 Å². The van der Waals surface area contributed by atoms with Crippen LogP contribution in [0.4, 0.5) is 10.6 Å². The van der Waals surface area contributed by atoms with E-state index in [4.69, 9.17) is 14.6 Å². The summed E-state index contributed by atoms with van der Waals surface area (Å²) in [6.45, 7) is 6.98. The molecular formula is C23H30BN5O5. The van der Waals surface area contributed by atoms with Gasteiger partial charge in [-0.05, 0) is 56.4 Å². The molecule has 1 amide bonds. The molecule has 1 unspecified atom stereocenters. The second-order valence-electron chi connectivity index (χ2n) is 9.38. The molecule has 10 nitrogen and oxygen atoms in total. The highest BCUT2D eigenvalue weighted by molar-refractivity contribution is 6.62. The lowest BCUT2D eigenvalue weighted by molar-refractivity contribution is 0.0293. The van der Waals surface area contributed by atoms with Gasteiger partial charge >= 0.3 is 13.2 Å². The second-order valence-corrected chi connectivity index (χ2v) is 9.38. The van der Waals surface area contributed by atoms with Crippen molar-refractivity contribution in [1.82, 2.24) is 19.7 Å². The molecule has 180 valence electrons. The number of anilines is 1. The summed E-state index contributed by atoms with van der Waals surface area (Å²) < 4.78 is 12.4. The predicted octanol–water partition coefficient (Wildman–Crippen LogP) is 1.59. The minimum Gasteiger partial charge on any atom is -0.497 e. The van der Waals surface area contributed by atoms with Crippen LogP contribution < -0.4 is 15.5 Å². The van der Waals surface area contributed by atoms with Gasteiger partial charge in [-0.15, -0.1) is 0 Å². The third-order valence-electron chi connectivity index (χ3n) is 5.62. The summed E-state index contributed by atoms with van der Waals surface area (Å²) in [5.74, 6) is 1.26. The first kappa shape index (κ1) is 23.8. The number of aromatic nitrogens is 3. The number of nitrogens with zero attached hydrogens (tertiary/aromatic N) is 4. The number of ether oxygens (including phenoxy) is 2. The van der Waals surface area contributed by atoms with E-state index in [1.165, 1.54) is 6.20 Å². The third-order valence-corrected chi connectivity index (χ3v) is 5.62. The number of hydrogen-bond acceptors (Lipinski definition) is 8. The quantitative estimate of drug-likeness (QED) is 0.468. The minimum atomic E-state index is -1.67. The molecule has 1 saturated heterocycles. The van der Waals surface area contributed by atoms with E-state index in [9.17, 15) is 14.8 Å². The van der Waals surface area contributed by atoms with Gasteiger partial charge in [-0.2, -0.15) is 5.10 Å². The van der Waals surface area contributed by atoms with Crippen LogP contribution in [0.1, 0.15) is 32.8 Å². The van der Waals surface area contributed by atoms with Gasteiger partial charge in [0.05, 0.1) is 19.0 Å². The van der Waals surface area contributed by atoms with Crippen molar-refractivity contribution in [3.05, 3.63) is 42.1 Å². The molecule has 1 aliphatic heterocycles. The molecule has 0 bridgehead atoms. The average molecular weight is 467 g/mol. The van der Waals surface area contributed by atoms with Crippen LogP contribution in [-0.2, 0) is 11.3 Å². The van der Waals surface area contributed by atoms with Crippen molar-refractivity contribution in [2.75, 3.05) is 25.5 Å². The predicted molar refractivity (Wildman–Crippen MR) is 129 cm³/mol. The van der Waals surface area contributed by atoms with Gasteiger partial charge in [-0.1, -0.05) is 12.1 Å². The Morgan fingerprint density at radius 1 is 1.24 bits per heavy atom. The van der Waals surface area contributed by atoms with Crippen LogP contribution in [0.25, 0.3) is 11.0 Å². The van der Waals surface area contributed by atoms with Crippen molar-refractivity contribution in [1.29, 1.82) is 0 Å². The molecule has 34 heavy (non-hydrogen) atoms. The summed E-state index contributed by atoms with van der Waals surface area (Å²) in [5.41, 5.74) is 1.28. The molecule has 0 radical (unpaired) electrons. The molecule has 0 aliphatic carbocycles. The number of rotatable bonds is 6. The van der Waals surface area contributed by atoms with Crippen molar-refractivity contribution >= 4 is 35.5 Å². The van der Waals surface area contributed by atoms with Gasteiger partial charge in [-0.25, -0.2) is 14.5 Å². The van der Waals surface area contributed by atoms with Gasteiger partial charge in [0, 0.05) is 25.3 Å². The number of nitrogens with one attached hydrogen (secondary N) is 1. The lowest BCUT2D eigenvalue weighted by Crippen LogP contribution is -2.36. The zero-order chi connectivity index (χ0) is 24.5. The fourth-order valence-corrected chi connectivity index (χ4v) is 4.02. The topological polar surface area (TPSA) is 122 Å². The first-order valence-electron chi connectivity index (χ1n) is 11.2. The number of benzene rings is 1. The molecule has 3 N–H and O–H groups in total. The van der Waals surface area contributed by atoms with E-state index in [0.717, 1.165) is 11.3 Å². The van der Waals surface area contributed by atoms with E-state index >= 15 is 0 Å². The highest BCUT2D eigenvalue weighted by Gasteiger charge is 2.31. The molecule has 3 aromatic rings. The van der Waals surface area contributed by atoms with Crippen LogP contribution in [0, 0.1) is 0 Å². The molecule has 11 heteroatoms. The smallest absolute Gasteiger partial charge is 0.489 e. The fourth-order valence-electron chi connectivity index (χ4n) is 4.02. The summed E-state index contributed by atoms with van der Waals surface area (Å²) in [6.07, 6.45) is 1.90. The van der Waals surface area contributed by atoms with Gasteiger partial charge in [0.25, 0.3) is 0 Å². The standard InChI is InChI=1S/C23H30BN5O5/c1-23(2,3)34-22(30)28-12-10-16(14-28)26-20-19-18(24(31)32)9-11-25-21(19)29(27-20)13-15-5-7-17(33-4)8-6-15/h5-9,11,16,31-32H,10,12-14H2,1-4H3,(H,26,27). The zero-order valence-electron chi connectivity index (χ0n) is 19.9. The summed E-state index contributed by atoms with van der Waals surface area (Å²) in [4.78, 5) is 18.6. The van der Waals surface area contributed by atoms with Gasteiger partial charge in [0.15, 0.2) is 11.5 Å². The van der Waals surface area contributed by atoms with Crippen LogP contribution in [0.3, 0.4) is 0 Å². The largest absolute Gasteiger partial charge is 0.497 e. The molecule has 1 fully saturated rings. The van der Waals surface area contributed by atoms with Gasteiger partial charge < -0.3 is 29.7 Å². The Kier molecular flexibility index (Phi) is 6.67. The number of pyridine rings is 1. The maximum absolute atomic E-state index is 12.4. The van der Waals surface area contributed by atoms with Crippen molar-refractivity contribution < 1.29 is 24.3 Å². The Hall–Kier alpha value is -3.31. The summed E-state index contributed by atoms with van der Waals surface area (Å²) in [6, 6.07) is 9.14. The van der Waals surface area contributed by atoms with E-state index in [1.807, 2.05) is 45.0 Å². The van der Waals surface area contributed by atoms with E-state index < -0.39 is 12.7 Å². The van der Waals surface area contributed by atoms with E-state index in [1.54, 1.807) is 22.8 Å². The zero-order valence-corrected chi connectivity index (χ0v) is 19.9.